The Bertz CT molecular complexity index is 714. The van der Waals surface area contributed by atoms with Gasteiger partial charge in [-0.3, -0.25) is 9.69 Å². The maximum absolute atomic E-state index is 12.1. The molecule has 2 aromatic carbocycles. The summed E-state index contributed by atoms with van der Waals surface area (Å²) in [6.45, 7) is 5.34. The number of hydrogen-bond donors (Lipinski definition) is 1. The van der Waals surface area contributed by atoms with Crippen molar-refractivity contribution in [2.45, 2.75) is 11.3 Å². The van der Waals surface area contributed by atoms with Gasteiger partial charge in [0.1, 0.15) is 0 Å². The Hall–Kier alpha value is -1.27. The summed E-state index contributed by atoms with van der Waals surface area (Å²) >= 11 is 7.86. The number of nitrogens with zero attached hydrogens (tertiary/aromatic N) is 1. The van der Waals surface area contributed by atoms with Crippen molar-refractivity contribution in [1.29, 1.82) is 0 Å². The van der Waals surface area contributed by atoms with Crippen molar-refractivity contribution in [3.63, 3.8) is 0 Å². The summed E-state index contributed by atoms with van der Waals surface area (Å²) < 4.78 is 5.33. The number of fused-ring (bicyclic) bond motifs is 1. The Morgan fingerprint density at radius 3 is 2.76 bits per heavy atom. The van der Waals surface area contributed by atoms with Gasteiger partial charge < -0.3 is 10.1 Å². The smallest absolute Gasteiger partial charge is 0.230 e. The normalized spacial score (nSPS) is 15.4. The predicted octanol–water partition coefficient (Wildman–Crippen LogP) is 3.42. The van der Waals surface area contributed by atoms with Crippen molar-refractivity contribution in [2.24, 2.45) is 0 Å². The number of halogens is 1. The van der Waals surface area contributed by atoms with Crippen LogP contribution in [0.15, 0.2) is 41.3 Å². The number of carbonyl (C=O) groups excluding carboxylic acids is 1. The molecular weight excluding hydrogens is 356 g/mol. The number of benzene rings is 2. The molecule has 0 aromatic heterocycles. The number of carbonyl (C=O) groups is 1. The van der Waals surface area contributed by atoms with Crippen molar-refractivity contribution in [1.82, 2.24) is 10.2 Å². The molecule has 4 nitrogen and oxygen atoms in total. The molecule has 6 heteroatoms. The lowest BCUT2D eigenvalue weighted by Crippen LogP contribution is -2.38. The summed E-state index contributed by atoms with van der Waals surface area (Å²) in [5.74, 6) is 0.470. The van der Waals surface area contributed by atoms with Crippen molar-refractivity contribution in [2.75, 3.05) is 45.1 Å². The van der Waals surface area contributed by atoms with Crippen LogP contribution >= 0.6 is 23.4 Å². The second-order valence-electron chi connectivity index (χ2n) is 6.04. The fourth-order valence-corrected chi connectivity index (χ4v) is 4.21. The lowest BCUT2D eigenvalue weighted by molar-refractivity contribution is -0.118. The molecule has 1 heterocycles. The maximum Gasteiger partial charge on any atom is 0.230 e. The van der Waals surface area contributed by atoms with E-state index in [0.29, 0.717) is 12.3 Å². The van der Waals surface area contributed by atoms with E-state index in [1.54, 1.807) is 0 Å². The van der Waals surface area contributed by atoms with Crippen LogP contribution in [-0.2, 0) is 9.53 Å². The van der Waals surface area contributed by atoms with E-state index in [1.165, 1.54) is 11.8 Å². The third kappa shape index (κ3) is 5.35. The van der Waals surface area contributed by atoms with Crippen molar-refractivity contribution >= 4 is 40.0 Å². The first-order chi connectivity index (χ1) is 12.2. The van der Waals surface area contributed by atoms with E-state index in [0.717, 1.165) is 60.0 Å². The average molecular weight is 379 g/mol. The fourth-order valence-electron chi connectivity index (χ4n) is 2.93. The number of ether oxygens (including phenoxy) is 1. The third-order valence-electron chi connectivity index (χ3n) is 4.25. The average Bonchev–Trinajstić information content (AvgIpc) is 2.64. The van der Waals surface area contributed by atoms with Gasteiger partial charge in [0, 0.05) is 34.9 Å². The zero-order valence-corrected chi connectivity index (χ0v) is 15.7. The van der Waals surface area contributed by atoms with Gasteiger partial charge in [-0.25, -0.2) is 0 Å². The van der Waals surface area contributed by atoms with E-state index in [2.05, 4.69) is 10.2 Å². The summed E-state index contributed by atoms with van der Waals surface area (Å²) in [6.07, 6.45) is 0.969. The SMILES string of the molecule is O=C(CSc1cccc2cccc(Cl)c12)NCCCN1CCOCC1. The van der Waals surface area contributed by atoms with Gasteiger partial charge in [-0.15, -0.1) is 11.8 Å². The molecule has 1 aliphatic rings. The Morgan fingerprint density at radius 1 is 1.20 bits per heavy atom. The van der Waals surface area contributed by atoms with Crippen molar-refractivity contribution in [3.8, 4) is 0 Å². The van der Waals surface area contributed by atoms with Gasteiger partial charge in [-0.2, -0.15) is 0 Å². The Balaban J connectivity index is 1.43. The minimum Gasteiger partial charge on any atom is -0.379 e. The molecule has 1 aliphatic heterocycles. The van der Waals surface area contributed by atoms with E-state index in [-0.39, 0.29) is 5.91 Å². The number of amides is 1. The monoisotopic (exact) mass is 378 g/mol. The first-order valence-electron chi connectivity index (χ1n) is 8.61. The molecule has 1 fully saturated rings. The van der Waals surface area contributed by atoms with Gasteiger partial charge in [-0.05, 0) is 30.5 Å². The standard InChI is InChI=1S/C19H23ClN2O2S/c20-16-6-1-4-15-5-2-7-17(19(15)16)25-14-18(23)21-8-3-9-22-10-12-24-13-11-22/h1-2,4-7H,3,8-14H2,(H,21,23). The summed E-state index contributed by atoms with van der Waals surface area (Å²) in [6, 6.07) is 11.9. The van der Waals surface area contributed by atoms with Crippen LogP contribution in [0, 0.1) is 0 Å². The van der Waals surface area contributed by atoms with E-state index in [9.17, 15) is 4.79 Å². The molecule has 1 saturated heterocycles. The largest absolute Gasteiger partial charge is 0.379 e. The molecule has 2 aromatic rings. The first kappa shape index (κ1) is 18.5. The fraction of sp³-hybridized carbons (Fsp3) is 0.421. The second kappa shape index (κ2) is 9.43. The predicted molar refractivity (Wildman–Crippen MR) is 105 cm³/mol. The molecule has 0 spiro atoms. The molecule has 0 radical (unpaired) electrons. The van der Waals surface area contributed by atoms with Gasteiger partial charge >= 0.3 is 0 Å². The summed E-state index contributed by atoms with van der Waals surface area (Å²) in [5, 5.41) is 5.86. The molecule has 1 amide bonds. The molecule has 0 bridgehead atoms. The molecule has 25 heavy (non-hydrogen) atoms. The number of nitrogens with one attached hydrogen (secondary N) is 1. The number of morpholine rings is 1. The van der Waals surface area contributed by atoms with Gasteiger partial charge in [0.25, 0.3) is 0 Å². The lowest BCUT2D eigenvalue weighted by Gasteiger charge is -2.26. The zero-order chi connectivity index (χ0) is 17.5. The summed E-state index contributed by atoms with van der Waals surface area (Å²) in [5.41, 5.74) is 0. The quantitative estimate of drug-likeness (QED) is 0.592. The molecule has 134 valence electrons. The van der Waals surface area contributed by atoms with Crippen LogP contribution in [0.25, 0.3) is 10.8 Å². The van der Waals surface area contributed by atoms with Crippen LogP contribution in [0.1, 0.15) is 6.42 Å². The number of hydrogen-bond acceptors (Lipinski definition) is 4. The Morgan fingerprint density at radius 2 is 1.96 bits per heavy atom. The molecule has 0 unspecified atom stereocenters. The highest BCUT2D eigenvalue weighted by atomic mass is 35.5. The Kier molecular flexibility index (Phi) is 6.99. The minimum absolute atomic E-state index is 0.0658. The molecule has 0 saturated carbocycles. The van der Waals surface area contributed by atoms with Gasteiger partial charge in [0.15, 0.2) is 0 Å². The Labute approximate surface area is 157 Å². The van der Waals surface area contributed by atoms with Gasteiger partial charge in [-0.1, -0.05) is 35.9 Å². The molecule has 0 atom stereocenters. The van der Waals surface area contributed by atoms with Crippen LogP contribution in [0.3, 0.4) is 0 Å². The maximum atomic E-state index is 12.1. The lowest BCUT2D eigenvalue weighted by atomic mass is 10.1. The number of thioether (sulfide) groups is 1. The van der Waals surface area contributed by atoms with Gasteiger partial charge in [0.05, 0.1) is 19.0 Å². The van der Waals surface area contributed by atoms with Gasteiger partial charge in [0.2, 0.25) is 5.91 Å². The van der Waals surface area contributed by atoms with Crippen LogP contribution in [0.5, 0.6) is 0 Å². The second-order valence-corrected chi connectivity index (χ2v) is 7.46. The zero-order valence-electron chi connectivity index (χ0n) is 14.2. The highest BCUT2D eigenvalue weighted by molar-refractivity contribution is 8.00. The third-order valence-corrected chi connectivity index (χ3v) is 5.62. The highest BCUT2D eigenvalue weighted by Gasteiger charge is 2.10. The minimum atomic E-state index is 0.0658. The van der Waals surface area contributed by atoms with E-state index in [1.807, 2.05) is 36.4 Å². The molecule has 3 rings (SSSR count). The van der Waals surface area contributed by atoms with Crippen LogP contribution in [0.2, 0.25) is 5.02 Å². The summed E-state index contributed by atoms with van der Waals surface area (Å²) in [7, 11) is 0. The molecular formula is C19H23ClN2O2S. The van der Waals surface area contributed by atoms with Crippen LogP contribution < -0.4 is 5.32 Å². The summed E-state index contributed by atoms with van der Waals surface area (Å²) in [4.78, 5) is 15.5. The number of rotatable bonds is 7. The van der Waals surface area contributed by atoms with Crippen molar-refractivity contribution in [3.05, 3.63) is 41.4 Å². The van der Waals surface area contributed by atoms with E-state index in [4.69, 9.17) is 16.3 Å². The first-order valence-corrected chi connectivity index (χ1v) is 9.97. The molecule has 1 N–H and O–H groups in total. The topological polar surface area (TPSA) is 41.6 Å². The van der Waals surface area contributed by atoms with Crippen LogP contribution in [0.4, 0.5) is 0 Å². The van der Waals surface area contributed by atoms with E-state index < -0.39 is 0 Å². The van der Waals surface area contributed by atoms with E-state index >= 15 is 0 Å². The molecule has 0 aliphatic carbocycles. The van der Waals surface area contributed by atoms with Crippen LogP contribution in [-0.4, -0.2) is 56.0 Å². The highest BCUT2D eigenvalue weighted by Crippen LogP contribution is 2.32. The van der Waals surface area contributed by atoms with Crippen molar-refractivity contribution < 1.29 is 9.53 Å².